The molecule has 0 amide bonds. The molecule has 0 aliphatic heterocycles. The molecule has 5 heteroatoms. The molecule has 1 atom stereocenters. The van der Waals surface area contributed by atoms with Crippen LogP contribution in [-0.4, -0.2) is 0 Å². The highest BCUT2D eigenvalue weighted by molar-refractivity contribution is 5.85. The van der Waals surface area contributed by atoms with Gasteiger partial charge in [-0.1, -0.05) is 19.1 Å². The molecular formula is C10H13ClF3N. The van der Waals surface area contributed by atoms with Gasteiger partial charge in [0.05, 0.1) is 5.56 Å². The number of hydrogen-bond acceptors (Lipinski definition) is 1. The fourth-order valence-electron chi connectivity index (χ4n) is 1.19. The first-order valence-electron chi connectivity index (χ1n) is 4.39. The fourth-order valence-corrected chi connectivity index (χ4v) is 1.19. The number of alkyl halides is 2. The highest BCUT2D eigenvalue weighted by Crippen LogP contribution is 2.24. The van der Waals surface area contributed by atoms with E-state index in [0.717, 1.165) is 12.1 Å². The van der Waals surface area contributed by atoms with Crippen LogP contribution in [-0.2, 0) is 0 Å². The van der Waals surface area contributed by atoms with Gasteiger partial charge in [-0.2, -0.15) is 0 Å². The molecule has 0 fully saturated rings. The van der Waals surface area contributed by atoms with E-state index < -0.39 is 17.8 Å². The van der Waals surface area contributed by atoms with Crippen LogP contribution < -0.4 is 5.73 Å². The van der Waals surface area contributed by atoms with E-state index in [4.69, 9.17) is 5.73 Å². The molecular weight excluding hydrogens is 227 g/mol. The summed E-state index contributed by atoms with van der Waals surface area (Å²) in [6.45, 7) is 1.85. The van der Waals surface area contributed by atoms with Crippen molar-refractivity contribution in [3.63, 3.8) is 0 Å². The molecule has 1 aromatic rings. The number of halogens is 4. The molecule has 1 aromatic carbocycles. The van der Waals surface area contributed by atoms with Crippen LogP contribution in [0.25, 0.3) is 0 Å². The average molecular weight is 240 g/mol. The third-order valence-electron chi connectivity index (χ3n) is 2.13. The van der Waals surface area contributed by atoms with Gasteiger partial charge in [-0.3, -0.25) is 0 Å². The van der Waals surface area contributed by atoms with Gasteiger partial charge in [0.2, 0.25) is 0 Å². The van der Waals surface area contributed by atoms with E-state index in [0.29, 0.717) is 12.0 Å². The predicted molar refractivity (Wildman–Crippen MR) is 55.8 cm³/mol. The number of nitrogens with two attached hydrogens (primary N) is 1. The predicted octanol–water partition coefficient (Wildman–Crippen LogP) is 3.59. The van der Waals surface area contributed by atoms with Gasteiger partial charge in [0.15, 0.2) is 0 Å². The third kappa shape index (κ3) is 3.39. The lowest BCUT2D eigenvalue weighted by molar-refractivity contribution is 0.146. The Morgan fingerprint density at radius 2 is 1.93 bits per heavy atom. The standard InChI is InChI=1S/C10H12F3N.ClH/c1-2-9(14)6-3-4-7(10(12)13)8(11)5-6;/h3-5,9-10H,2,14H2,1H3;1H/t9-;/m0./s1. The van der Waals surface area contributed by atoms with Gasteiger partial charge in [-0.05, 0) is 18.1 Å². The Bertz CT molecular complexity index is 318. The molecule has 0 spiro atoms. The van der Waals surface area contributed by atoms with Crippen molar-refractivity contribution in [2.75, 3.05) is 0 Å². The molecule has 0 radical (unpaired) electrons. The van der Waals surface area contributed by atoms with Crippen molar-refractivity contribution >= 4 is 12.4 Å². The Balaban J connectivity index is 0.00000196. The summed E-state index contributed by atoms with van der Waals surface area (Å²) in [6, 6.07) is 3.32. The molecule has 0 bridgehead atoms. The molecule has 0 saturated carbocycles. The van der Waals surface area contributed by atoms with Gasteiger partial charge in [0, 0.05) is 6.04 Å². The normalized spacial score (nSPS) is 12.4. The highest BCUT2D eigenvalue weighted by Gasteiger charge is 2.14. The van der Waals surface area contributed by atoms with Gasteiger partial charge in [-0.25, -0.2) is 13.2 Å². The molecule has 86 valence electrons. The molecule has 1 nitrogen and oxygen atoms in total. The molecule has 0 aliphatic rings. The largest absolute Gasteiger partial charge is 0.324 e. The summed E-state index contributed by atoms with van der Waals surface area (Å²) in [4.78, 5) is 0. The topological polar surface area (TPSA) is 26.0 Å². The summed E-state index contributed by atoms with van der Waals surface area (Å²) in [5, 5.41) is 0. The Morgan fingerprint density at radius 3 is 2.33 bits per heavy atom. The van der Waals surface area contributed by atoms with Gasteiger partial charge in [0.25, 0.3) is 6.43 Å². The molecule has 1 rings (SSSR count). The van der Waals surface area contributed by atoms with Crippen LogP contribution in [0.5, 0.6) is 0 Å². The van der Waals surface area contributed by atoms with Crippen LogP contribution in [0.1, 0.15) is 36.9 Å². The van der Waals surface area contributed by atoms with E-state index in [9.17, 15) is 13.2 Å². The van der Waals surface area contributed by atoms with E-state index >= 15 is 0 Å². The second kappa shape index (κ2) is 5.98. The van der Waals surface area contributed by atoms with Crippen LogP contribution in [0.3, 0.4) is 0 Å². The van der Waals surface area contributed by atoms with Gasteiger partial charge in [0.1, 0.15) is 5.82 Å². The van der Waals surface area contributed by atoms with Crippen molar-refractivity contribution in [1.82, 2.24) is 0 Å². The SMILES string of the molecule is CC[C@H](N)c1ccc(C(F)F)c(F)c1.Cl. The summed E-state index contributed by atoms with van der Waals surface area (Å²) < 4.78 is 37.4. The monoisotopic (exact) mass is 239 g/mol. The van der Waals surface area contributed by atoms with Crippen molar-refractivity contribution < 1.29 is 13.2 Å². The minimum absolute atomic E-state index is 0. The first-order chi connectivity index (χ1) is 6.56. The van der Waals surface area contributed by atoms with E-state index in [1.165, 1.54) is 6.07 Å². The molecule has 0 aromatic heterocycles. The maximum Gasteiger partial charge on any atom is 0.266 e. The van der Waals surface area contributed by atoms with Gasteiger partial charge < -0.3 is 5.73 Å². The van der Waals surface area contributed by atoms with E-state index in [2.05, 4.69) is 0 Å². The van der Waals surface area contributed by atoms with E-state index in [-0.39, 0.29) is 18.4 Å². The van der Waals surface area contributed by atoms with Gasteiger partial charge in [-0.15, -0.1) is 12.4 Å². The summed E-state index contributed by atoms with van der Waals surface area (Å²) >= 11 is 0. The third-order valence-corrected chi connectivity index (χ3v) is 2.13. The number of benzene rings is 1. The van der Waals surface area contributed by atoms with Crippen molar-refractivity contribution in [3.05, 3.63) is 35.1 Å². The quantitative estimate of drug-likeness (QED) is 0.857. The molecule has 15 heavy (non-hydrogen) atoms. The maximum absolute atomic E-state index is 13.1. The second-order valence-corrected chi connectivity index (χ2v) is 3.10. The number of rotatable bonds is 3. The zero-order valence-electron chi connectivity index (χ0n) is 8.21. The maximum atomic E-state index is 13.1. The van der Waals surface area contributed by atoms with Crippen LogP contribution in [0, 0.1) is 5.82 Å². The highest BCUT2D eigenvalue weighted by atomic mass is 35.5. The summed E-state index contributed by atoms with van der Waals surface area (Å²) in [7, 11) is 0. The van der Waals surface area contributed by atoms with Crippen LogP contribution in [0.2, 0.25) is 0 Å². The zero-order valence-corrected chi connectivity index (χ0v) is 9.03. The Morgan fingerprint density at radius 1 is 1.33 bits per heavy atom. The first kappa shape index (κ1) is 14.3. The van der Waals surface area contributed by atoms with Crippen molar-refractivity contribution in [2.45, 2.75) is 25.8 Å². The second-order valence-electron chi connectivity index (χ2n) is 3.10. The minimum atomic E-state index is -2.78. The smallest absolute Gasteiger partial charge is 0.266 e. The lowest BCUT2D eigenvalue weighted by Crippen LogP contribution is -2.09. The van der Waals surface area contributed by atoms with Crippen LogP contribution in [0.4, 0.5) is 13.2 Å². The van der Waals surface area contributed by atoms with Crippen molar-refractivity contribution in [2.24, 2.45) is 5.73 Å². The van der Waals surface area contributed by atoms with Gasteiger partial charge >= 0.3 is 0 Å². The Kier molecular flexibility index (Phi) is 5.68. The molecule has 0 heterocycles. The molecule has 0 saturated heterocycles. The van der Waals surface area contributed by atoms with Crippen molar-refractivity contribution in [3.8, 4) is 0 Å². The fraction of sp³-hybridized carbons (Fsp3) is 0.400. The Hall–Kier alpha value is -0.740. The summed E-state index contributed by atoms with van der Waals surface area (Å²) in [6.07, 6.45) is -2.13. The first-order valence-corrected chi connectivity index (χ1v) is 4.39. The number of hydrogen-bond donors (Lipinski definition) is 1. The Labute approximate surface area is 92.9 Å². The average Bonchev–Trinajstić information content (AvgIpc) is 2.15. The lowest BCUT2D eigenvalue weighted by atomic mass is 10.0. The van der Waals surface area contributed by atoms with E-state index in [1.54, 1.807) is 0 Å². The molecule has 2 N–H and O–H groups in total. The van der Waals surface area contributed by atoms with Crippen LogP contribution >= 0.6 is 12.4 Å². The minimum Gasteiger partial charge on any atom is -0.324 e. The molecule has 0 aliphatic carbocycles. The summed E-state index contributed by atoms with van der Waals surface area (Å²) in [5.74, 6) is -0.888. The van der Waals surface area contributed by atoms with Crippen LogP contribution in [0.15, 0.2) is 18.2 Å². The van der Waals surface area contributed by atoms with Crippen molar-refractivity contribution in [1.29, 1.82) is 0 Å². The molecule has 0 unspecified atom stereocenters. The van der Waals surface area contributed by atoms with E-state index in [1.807, 2.05) is 6.92 Å². The lowest BCUT2D eigenvalue weighted by Gasteiger charge is -2.10. The summed E-state index contributed by atoms with van der Waals surface area (Å²) in [5.41, 5.74) is 5.61. The zero-order chi connectivity index (χ0) is 10.7.